The number of aliphatic hydroxyl groups excluding tert-OH is 2. The van der Waals surface area contributed by atoms with E-state index in [0.717, 1.165) is 6.16 Å². The molecular formula is C16H26N3O5PS. The predicted molar refractivity (Wildman–Crippen MR) is 105 cm³/mol. The van der Waals surface area contributed by atoms with Crippen molar-refractivity contribution in [2.45, 2.75) is 44.4 Å². The summed E-state index contributed by atoms with van der Waals surface area (Å²) >= 11 is 5.17. The van der Waals surface area contributed by atoms with Gasteiger partial charge in [-0.1, -0.05) is 0 Å². The van der Waals surface area contributed by atoms with Crippen molar-refractivity contribution >= 4 is 31.3 Å². The van der Waals surface area contributed by atoms with Crippen molar-refractivity contribution in [3.8, 4) is 0 Å². The van der Waals surface area contributed by atoms with Gasteiger partial charge in [-0.2, -0.15) is 0 Å². The number of nitrogens with one attached hydrogen (secondary N) is 2. The minimum atomic E-state index is -1.29. The Kier molecular flexibility index (Phi) is 6.63. The highest BCUT2D eigenvalue weighted by molar-refractivity contribution is 7.72. The largest absolute Gasteiger partial charge is 0.388 e. The molecule has 8 nitrogen and oxygen atoms in total. The molecule has 0 bridgehead atoms. The molecule has 0 spiro atoms. The maximum atomic E-state index is 12.0. The van der Waals surface area contributed by atoms with Gasteiger partial charge in [0.15, 0.2) is 11.0 Å². The van der Waals surface area contributed by atoms with Crippen molar-refractivity contribution < 1.29 is 19.7 Å². The van der Waals surface area contributed by atoms with Crippen LogP contribution in [0.2, 0.25) is 0 Å². The fourth-order valence-corrected chi connectivity index (χ4v) is 3.94. The summed E-state index contributed by atoms with van der Waals surface area (Å²) in [4.78, 5) is 25.6. The molecule has 2 heterocycles. The Morgan fingerprint density at radius 2 is 2.12 bits per heavy atom. The smallest absolute Gasteiger partial charge is 0.256 e. The second kappa shape index (κ2) is 8.19. The van der Waals surface area contributed by atoms with E-state index in [1.807, 2.05) is 0 Å². The van der Waals surface area contributed by atoms with Crippen molar-refractivity contribution in [3.05, 3.63) is 26.9 Å². The van der Waals surface area contributed by atoms with E-state index in [1.54, 1.807) is 0 Å². The molecule has 4 atom stereocenters. The van der Waals surface area contributed by atoms with Gasteiger partial charge in [0.25, 0.3) is 5.56 Å². The van der Waals surface area contributed by atoms with E-state index >= 15 is 0 Å². The highest BCUT2D eigenvalue weighted by atomic mass is 32.1. The van der Waals surface area contributed by atoms with Crippen LogP contribution in [0.5, 0.6) is 0 Å². The van der Waals surface area contributed by atoms with E-state index in [2.05, 4.69) is 29.9 Å². The van der Waals surface area contributed by atoms with Crippen molar-refractivity contribution in [3.63, 3.8) is 0 Å². The first-order valence-electron chi connectivity index (χ1n) is 8.27. The van der Waals surface area contributed by atoms with Crippen LogP contribution in [0.25, 0.3) is 0 Å². The number of rotatable bonds is 6. The number of aromatic amines is 1. The lowest BCUT2D eigenvalue weighted by atomic mass is 10.1. The maximum Gasteiger partial charge on any atom is 0.256 e. The summed E-state index contributed by atoms with van der Waals surface area (Å²) in [7, 11) is 0. The zero-order valence-corrected chi connectivity index (χ0v) is 16.8. The Labute approximate surface area is 157 Å². The van der Waals surface area contributed by atoms with Crippen molar-refractivity contribution in [2.75, 3.05) is 19.5 Å². The Hall–Kier alpha value is -1.25. The van der Waals surface area contributed by atoms with Gasteiger partial charge in [0.1, 0.15) is 12.2 Å². The number of hydrogen-bond donors (Lipinski definition) is 4. The van der Waals surface area contributed by atoms with E-state index in [4.69, 9.17) is 17.0 Å². The van der Waals surface area contributed by atoms with Crippen LogP contribution in [0.15, 0.2) is 11.0 Å². The molecule has 146 valence electrons. The molecule has 10 heteroatoms. The average molecular weight is 403 g/mol. The first-order chi connectivity index (χ1) is 12.0. The number of nitrogens with zero attached hydrogens (tertiary/aromatic N) is 1. The van der Waals surface area contributed by atoms with Gasteiger partial charge in [-0.25, -0.2) is 0 Å². The van der Waals surface area contributed by atoms with Gasteiger partial charge in [-0.15, -0.1) is 13.2 Å². The Bertz CT molecular complexity index is 830. The van der Waals surface area contributed by atoms with Gasteiger partial charge < -0.3 is 20.3 Å². The number of ether oxygens (including phenoxy) is 1. The molecule has 1 amide bonds. The quantitative estimate of drug-likeness (QED) is 0.400. The fourth-order valence-electron chi connectivity index (χ4n) is 2.74. The summed E-state index contributed by atoms with van der Waals surface area (Å²) in [6, 6.07) is 0. The van der Waals surface area contributed by atoms with Crippen LogP contribution in [0.4, 0.5) is 0 Å². The van der Waals surface area contributed by atoms with Gasteiger partial charge in [0.2, 0.25) is 5.91 Å². The summed E-state index contributed by atoms with van der Waals surface area (Å²) < 4.78 is 7.33. The van der Waals surface area contributed by atoms with E-state index in [1.165, 1.54) is 17.7 Å². The molecule has 1 aromatic heterocycles. The molecule has 0 aliphatic carbocycles. The Morgan fingerprint density at radius 3 is 2.69 bits per heavy atom. The molecule has 2 rings (SSSR count). The SMILES string of the molecule is C=P(C)(C)CC[C@H]1OC(n2cc(CNC(C)=O)c(=O)[nH]c2=S)[C@H](O)[C@@H]1O. The van der Waals surface area contributed by atoms with Crippen LogP contribution in [0, 0.1) is 4.77 Å². The van der Waals surface area contributed by atoms with Gasteiger partial charge >= 0.3 is 0 Å². The molecule has 1 fully saturated rings. The fraction of sp³-hybridized carbons (Fsp3) is 0.625. The first kappa shape index (κ1) is 21.1. The van der Waals surface area contributed by atoms with E-state index in [9.17, 15) is 19.8 Å². The van der Waals surface area contributed by atoms with Gasteiger partial charge in [-0.3, -0.25) is 19.1 Å². The number of carbonyl (C=O) groups excluding carboxylic acids is 1. The molecular weight excluding hydrogens is 377 g/mol. The summed E-state index contributed by atoms with van der Waals surface area (Å²) in [6.07, 6.45) is 3.28. The topological polar surface area (TPSA) is 117 Å². The van der Waals surface area contributed by atoms with E-state index < -0.39 is 37.0 Å². The second-order valence-corrected chi connectivity index (χ2v) is 11.9. The molecule has 1 aromatic rings. The number of hydrogen-bond acceptors (Lipinski definition) is 6. The van der Waals surface area contributed by atoms with Crippen LogP contribution in [-0.4, -0.2) is 69.8 Å². The third kappa shape index (κ3) is 5.14. The number of aromatic nitrogens is 2. The number of carbonyl (C=O) groups is 1. The van der Waals surface area contributed by atoms with Crippen LogP contribution in [-0.2, 0) is 16.1 Å². The average Bonchev–Trinajstić information content (AvgIpc) is 2.79. The summed E-state index contributed by atoms with van der Waals surface area (Å²) in [5.41, 5.74) is -0.152. The lowest BCUT2D eigenvalue weighted by molar-refractivity contribution is -0.119. The van der Waals surface area contributed by atoms with E-state index in [-0.39, 0.29) is 22.8 Å². The summed E-state index contributed by atoms with van der Waals surface area (Å²) in [5, 5.41) is 23.3. The predicted octanol–water partition coefficient (Wildman–Crippen LogP) is 0.260. The molecule has 1 saturated heterocycles. The first-order valence-corrected chi connectivity index (χ1v) is 11.7. The minimum Gasteiger partial charge on any atom is -0.388 e. The van der Waals surface area contributed by atoms with Gasteiger partial charge in [0.05, 0.1) is 11.7 Å². The zero-order chi connectivity index (χ0) is 19.6. The van der Waals surface area contributed by atoms with Crippen molar-refractivity contribution in [2.24, 2.45) is 0 Å². The number of amides is 1. The highest BCUT2D eigenvalue weighted by Crippen LogP contribution is 2.39. The molecule has 1 aliphatic rings. The zero-order valence-electron chi connectivity index (χ0n) is 15.1. The van der Waals surface area contributed by atoms with E-state index in [0.29, 0.717) is 6.42 Å². The van der Waals surface area contributed by atoms with Crippen LogP contribution >= 0.6 is 19.1 Å². The lowest BCUT2D eigenvalue weighted by Crippen LogP contribution is -2.33. The number of aliphatic hydroxyl groups is 2. The van der Waals surface area contributed by atoms with Crippen LogP contribution in [0.3, 0.4) is 0 Å². The molecule has 4 N–H and O–H groups in total. The standard InChI is InChI=1S/C16H26N3O5PS/c1-9(20)17-7-10-8-19(16(26)18-14(10)23)15-13(22)12(21)11(24-15)5-6-25(2,3)4/h8,11-13,15,21-22H,2,5-7H2,1,3-4H3,(H,17,20)(H,18,23,26)/t11-,12-,13-,15?/m1/s1. The molecule has 26 heavy (non-hydrogen) atoms. The molecule has 1 unspecified atom stereocenters. The Balaban J connectivity index is 2.25. The van der Waals surface area contributed by atoms with Gasteiger partial charge in [0, 0.05) is 19.7 Å². The Morgan fingerprint density at radius 1 is 1.46 bits per heavy atom. The third-order valence-corrected chi connectivity index (χ3v) is 5.98. The second-order valence-electron chi connectivity index (χ2n) is 7.22. The summed E-state index contributed by atoms with van der Waals surface area (Å²) in [5.74, 6) is -0.273. The normalized spacial score (nSPS) is 26.0. The minimum absolute atomic E-state index is 0.0231. The summed E-state index contributed by atoms with van der Waals surface area (Å²) in [6.45, 7) is 4.27. The monoisotopic (exact) mass is 403 g/mol. The van der Waals surface area contributed by atoms with Crippen molar-refractivity contribution in [1.82, 2.24) is 14.9 Å². The molecule has 0 aromatic carbocycles. The molecule has 0 saturated carbocycles. The lowest BCUT2D eigenvalue weighted by Gasteiger charge is -2.20. The molecule has 0 radical (unpaired) electrons. The highest BCUT2D eigenvalue weighted by Gasteiger charge is 2.43. The molecule has 1 aliphatic heterocycles. The van der Waals surface area contributed by atoms with Crippen LogP contribution < -0.4 is 10.9 Å². The third-order valence-electron chi connectivity index (χ3n) is 4.20. The van der Waals surface area contributed by atoms with Gasteiger partial charge in [-0.05, 0) is 38.1 Å². The van der Waals surface area contributed by atoms with Crippen molar-refractivity contribution in [1.29, 1.82) is 0 Å². The van der Waals surface area contributed by atoms with Crippen LogP contribution in [0.1, 0.15) is 25.1 Å². The maximum absolute atomic E-state index is 12.0. The number of H-pyrrole nitrogens is 1.